The van der Waals surface area contributed by atoms with Crippen LogP contribution in [-0.4, -0.2) is 44.5 Å². The summed E-state index contributed by atoms with van der Waals surface area (Å²) in [4.78, 5) is 5.84. The van der Waals surface area contributed by atoms with E-state index in [1.54, 1.807) is 11.3 Å². The molecule has 2 aromatic rings. The fourth-order valence-corrected chi connectivity index (χ4v) is 6.82. The van der Waals surface area contributed by atoms with Gasteiger partial charge >= 0.3 is 0 Å². The summed E-state index contributed by atoms with van der Waals surface area (Å²) >= 11 is 5.99. The van der Waals surface area contributed by atoms with Gasteiger partial charge in [-0.25, -0.2) is 4.98 Å². The Hall–Kier alpha value is -0.170. The van der Waals surface area contributed by atoms with Crippen LogP contribution in [0.15, 0.2) is 17.8 Å². The molecule has 2 aromatic heterocycles. The molecular formula is C14H21N3S3. The van der Waals surface area contributed by atoms with Crippen LogP contribution in [-0.2, 0) is 6.42 Å². The van der Waals surface area contributed by atoms with Crippen molar-refractivity contribution in [3.8, 4) is 0 Å². The van der Waals surface area contributed by atoms with Crippen LogP contribution in [0.1, 0.15) is 19.0 Å². The number of fused-ring (bicyclic) bond motifs is 1. The number of nitrogens with one attached hydrogen (secondary N) is 1. The molecule has 0 spiro atoms. The van der Waals surface area contributed by atoms with Crippen molar-refractivity contribution >= 4 is 39.8 Å². The van der Waals surface area contributed by atoms with Crippen LogP contribution in [0.3, 0.4) is 0 Å². The summed E-state index contributed by atoms with van der Waals surface area (Å²) in [5.74, 6) is 2.58. The summed E-state index contributed by atoms with van der Waals surface area (Å²) in [6.45, 7) is 2.32. The average molecular weight is 328 g/mol. The molecule has 3 nitrogen and oxygen atoms in total. The summed E-state index contributed by atoms with van der Waals surface area (Å²) < 4.78 is 2.13. The van der Waals surface area contributed by atoms with Gasteiger partial charge in [0.15, 0.2) is 4.96 Å². The lowest BCUT2D eigenvalue weighted by atomic mass is 10.0. The summed E-state index contributed by atoms with van der Waals surface area (Å²) in [6, 6.07) is 0.516. The molecular weight excluding hydrogens is 306 g/mol. The zero-order valence-corrected chi connectivity index (χ0v) is 14.4. The van der Waals surface area contributed by atoms with Gasteiger partial charge < -0.3 is 5.32 Å². The highest BCUT2D eigenvalue weighted by molar-refractivity contribution is 8.07. The Labute approximate surface area is 132 Å². The van der Waals surface area contributed by atoms with E-state index in [2.05, 4.69) is 65.0 Å². The van der Waals surface area contributed by atoms with Crippen molar-refractivity contribution in [3.05, 3.63) is 23.5 Å². The fourth-order valence-electron chi connectivity index (χ4n) is 2.79. The van der Waals surface area contributed by atoms with Crippen LogP contribution in [0.25, 0.3) is 4.96 Å². The van der Waals surface area contributed by atoms with Crippen LogP contribution in [0.2, 0.25) is 0 Å². The second-order valence-electron chi connectivity index (χ2n) is 5.08. The Morgan fingerprint density at radius 3 is 3.05 bits per heavy atom. The molecule has 0 aromatic carbocycles. The molecule has 1 aliphatic heterocycles. The Morgan fingerprint density at radius 2 is 2.30 bits per heavy atom. The van der Waals surface area contributed by atoms with E-state index in [4.69, 9.17) is 4.98 Å². The number of hydrogen-bond donors (Lipinski definition) is 1. The molecule has 0 saturated carbocycles. The minimum absolute atomic E-state index is 0.516. The molecule has 1 saturated heterocycles. The summed E-state index contributed by atoms with van der Waals surface area (Å²) in [5, 5.41) is 7.10. The summed E-state index contributed by atoms with van der Waals surface area (Å²) in [7, 11) is 2.09. The highest BCUT2D eigenvalue weighted by atomic mass is 32.2. The van der Waals surface area contributed by atoms with Crippen molar-refractivity contribution in [2.45, 2.75) is 36.3 Å². The van der Waals surface area contributed by atoms with Crippen LogP contribution >= 0.6 is 34.9 Å². The first-order valence-corrected chi connectivity index (χ1v) is 10.1. The molecule has 20 heavy (non-hydrogen) atoms. The fraction of sp³-hybridized carbons (Fsp3) is 0.643. The topological polar surface area (TPSA) is 29.3 Å². The predicted molar refractivity (Wildman–Crippen MR) is 92.4 cm³/mol. The molecule has 3 unspecified atom stereocenters. The molecule has 0 bridgehead atoms. The van der Waals surface area contributed by atoms with Gasteiger partial charge in [0.2, 0.25) is 0 Å². The molecule has 1 fully saturated rings. The third-order valence-corrected chi connectivity index (χ3v) is 8.01. The van der Waals surface area contributed by atoms with Gasteiger partial charge in [-0.2, -0.15) is 23.5 Å². The molecule has 3 atom stereocenters. The lowest BCUT2D eigenvalue weighted by molar-refractivity contribution is 0.513. The highest BCUT2D eigenvalue weighted by Crippen LogP contribution is 2.35. The first kappa shape index (κ1) is 14.8. The van der Waals surface area contributed by atoms with Gasteiger partial charge in [0.25, 0.3) is 0 Å². The normalized spacial score (nSPS) is 25.1. The van der Waals surface area contributed by atoms with Crippen LogP contribution < -0.4 is 5.32 Å². The molecule has 110 valence electrons. The summed E-state index contributed by atoms with van der Waals surface area (Å²) in [5.41, 5.74) is 1.21. The number of hydrogen-bond acceptors (Lipinski definition) is 5. The van der Waals surface area contributed by atoms with Gasteiger partial charge in [-0.05, 0) is 13.5 Å². The molecule has 0 radical (unpaired) electrons. The van der Waals surface area contributed by atoms with Crippen molar-refractivity contribution in [2.75, 3.05) is 18.6 Å². The Bertz CT molecular complexity index is 522. The number of rotatable bonds is 5. The SMILES string of the molecule is CCC1SCCSC1C(Cc1cn2ccsc2n1)NC. The van der Waals surface area contributed by atoms with E-state index >= 15 is 0 Å². The minimum Gasteiger partial charge on any atom is -0.315 e. The third kappa shape index (κ3) is 3.03. The summed E-state index contributed by atoms with van der Waals surface area (Å²) in [6.07, 6.45) is 6.56. The maximum absolute atomic E-state index is 4.73. The number of thioether (sulfide) groups is 2. The molecule has 3 heterocycles. The quantitative estimate of drug-likeness (QED) is 0.913. The second kappa shape index (κ2) is 6.73. The van der Waals surface area contributed by atoms with Gasteiger partial charge in [-0.15, -0.1) is 11.3 Å². The molecule has 6 heteroatoms. The monoisotopic (exact) mass is 327 g/mol. The van der Waals surface area contributed by atoms with Crippen molar-refractivity contribution in [2.24, 2.45) is 0 Å². The molecule has 1 aliphatic rings. The van der Waals surface area contributed by atoms with Crippen molar-refractivity contribution in [1.82, 2.24) is 14.7 Å². The maximum atomic E-state index is 4.73. The van der Waals surface area contributed by atoms with Gasteiger partial charge in [0, 0.05) is 52.2 Å². The predicted octanol–water partition coefficient (Wildman–Crippen LogP) is 3.15. The van der Waals surface area contributed by atoms with E-state index in [-0.39, 0.29) is 0 Å². The molecule has 0 amide bonds. The van der Waals surface area contributed by atoms with E-state index in [1.807, 2.05) is 0 Å². The molecule has 3 rings (SSSR count). The van der Waals surface area contributed by atoms with Crippen molar-refractivity contribution < 1.29 is 0 Å². The van der Waals surface area contributed by atoms with Crippen molar-refractivity contribution in [1.29, 1.82) is 0 Å². The Kier molecular flexibility index (Phi) is 4.96. The second-order valence-corrected chi connectivity index (χ2v) is 8.58. The Balaban J connectivity index is 1.73. The van der Waals surface area contributed by atoms with Crippen LogP contribution in [0.4, 0.5) is 0 Å². The van der Waals surface area contributed by atoms with E-state index in [9.17, 15) is 0 Å². The minimum atomic E-state index is 0.516. The van der Waals surface area contributed by atoms with E-state index < -0.39 is 0 Å². The first-order chi connectivity index (χ1) is 9.81. The maximum Gasteiger partial charge on any atom is 0.193 e. The first-order valence-electron chi connectivity index (χ1n) is 7.13. The third-order valence-electron chi connectivity index (χ3n) is 3.83. The van der Waals surface area contributed by atoms with Gasteiger partial charge in [0.05, 0.1) is 5.69 Å². The lowest BCUT2D eigenvalue weighted by Gasteiger charge is -2.35. The van der Waals surface area contributed by atoms with Gasteiger partial charge in [-0.1, -0.05) is 6.92 Å². The largest absolute Gasteiger partial charge is 0.315 e. The zero-order chi connectivity index (χ0) is 13.9. The standard InChI is InChI=1S/C14H21N3S3/c1-3-12-13(19-7-6-18-12)11(15-2)8-10-9-17-4-5-20-14(17)16-10/h4-5,9,11-13,15H,3,6-8H2,1-2H3. The number of nitrogens with zero attached hydrogens (tertiary/aromatic N) is 2. The number of imidazole rings is 1. The van der Waals surface area contributed by atoms with Gasteiger partial charge in [-0.3, -0.25) is 4.40 Å². The highest BCUT2D eigenvalue weighted by Gasteiger charge is 2.31. The Morgan fingerprint density at radius 1 is 1.45 bits per heavy atom. The van der Waals surface area contributed by atoms with Gasteiger partial charge in [0.1, 0.15) is 0 Å². The average Bonchev–Trinajstić information content (AvgIpc) is 3.05. The van der Waals surface area contributed by atoms with Crippen LogP contribution in [0.5, 0.6) is 0 Å². The van der Waals surface area contributed by atoms with Crippen molar-refractivity contribution in [3.63, 3.8) is 0 Å². The zero-order valence-electron chi connectivity index (χ0n) is 11.9. The van der Waals surface area contributed by atoms with E-state index in [0.29, 0.717) is 11.3 Å². The molecule has 0 aliphatic carbocycles. The number of thiazole rings is 1. The number of aromatic nitrogens is 2. The van der Waals surface area contributed by atoms with Crippen LogP contribution in [0, 0.1) is 0 Å². The lowest BCUT2D eigenvalue weighted by Crippen LogP contribution is -2.45. The smallest absolute Gasteiger partial charge is 0.193 e. The van der Waals surface area contributed by atoms with E-state index in [0.717, 1.165) is 16.6 Å². The van der Waals surface area contributed by atoms with E-state index in [1.165, 1.54) is 23.6 Å². The number of likely N-dealkylation sites (N-methyl/N-ethyl adjacent to an activating group) is 1. The molecule has 1 N–H and O–H groups in total.